The van der Waals surface area contributed by atoms with Crippen molar-refractivity contribution in [3.05, 3.63) is 53.6 Å². The summed E-state index contributed by atoms with van der Waals surface area (Å²) >= 11 is 0. The molecule has 25 heavy (non-hydrogen) atoms. The minimum absolute atomic E-state index is 0.0647. The maximum absolute atomic E-state index is 12.5. The maximum atomic E-state index is 12.5. The van der Waals surface area contributed by atoms with E-state index in [1.54, 1.807) is 43.3 Å². The van der Waals surface area contributed by atoms with E-state index in [0.717, 1.165) is 16.9 Å². The van der Waals surface area contributed by atoms with Crippen LogP contribution in [0.3, 0.4) is 0 Å². The number of ether oxygens (including phenoxy) is 2. The lowest BCUT2D eigenvalue weighted by Crippen LogP contribution is -2.27. The van der Waals surface area contributed by atoms with E-state index in [1.807, 2.05) is 25.1 Å². The molecule has 0 aromatic heterocycles. The second-order valence-corrected chi connectivity index (χ2v) is 5.61. The maximum Gasteiger partial charge on any atom is 0.341 e. The lowest BCUT2D eigenvalue weighted by atomic mass is 10.1. The highest BCUT2D eigenvalue weighted by molar-refractivity contribution is 5.94. The second-order valence-electron chi connectivity index (χ2n) is 5.61. The third kappa shape index (κ3) is 4.97. The van der Waals surface area contributed by atoms with Gasteiger partial charge < -0.3 is 19.5 Å². The summed E-state index contributed by atoms with van der Waals surface area (Å²) in [6, 6.07) is 12.4. The first kappa shape index (κ1) is 18.3. The zero-order valence-electron chi connectivity index (χ0n) is 14.5. The third-order valence-corrected chi connectivity index (χ3v) is 3.79. The largest absolute Gasteiger partial charge is 0.496 e. The summed E-state index contributed by atoms with van der Waals surface area (Å²) in [5.41, 5.74) is 2.59. The second kappa shape index (κ2) is 8.19. The normalized spacial score (nSPS) is 10.2. The van der Waals surface area contributed by atoms with Crippen molar-refractivity contribution in [2.45, 2.75) is 13.3 Å². The molecule has 2 rings (SSSR count). The molecule has 0 spiro atoms. The summed E-state index contributed by atoms with van der Waals surface area (Å²) in [7, 11) is 3.30. The number of carboxylic acid groups (broad SMARTS) is 1. The molecule has 0 saturated carbocycles. The molecule has 0 bridgehead atoms. The van der Waals surface area contributed by atoms with Crippen LogP contribution < -0.4 is 14.4 Å². The molecule has 6 heteroatoms. The third-order valence-electron chi connectivity index (χ3n) is 3.79. The molecule has 1 N–H and O–H groups in total. The number of nitrogens with zero attached hydrogens (tertiary/aromatic N) is 1. The van der Waals surface area contributed by atoms with Crippen LogP contribution in [0.4, 0.5) is 5.69 Å². The lowest BCUT2D eigenvalue weighted by molar-refractivity contribution is -0.139. The Labute approximate surface area is 146 Å². The van der Waals surface area contributed by atoms with Gasteiger partial charge in [-0.05, 0) is 48.4 Å². The van der Waals surface area contributed by atoms with Gasteiger partial charge in [0.25, 0.3) is 0 Å². The average Bonchev–Trinajstić information content (AvgIpc) is 2.61. The summed E-state index contributed by atoms with van der Waals surface area (Å²) in [4.78, 5) is 24.5. The predicted molar refractivity (Wildman–Crippen MR) is 94.4 cm³/mol. The molecule has 6 nitrogen and oxygen atoms in total. The molecule has 132 valence electrons. The van der Waals surface area contributed by atoms with E-state index in [4.69, 9.17) is 14.6 Å². The van der Waals surface area contributed by atoms with Gasteiger partial charge in [-0.3, -0.25) is 4.79 Å². The predicted octanol–water partition coefficient (Wildman–Crippen LogP) is 2.67. The quantitative estimate of drug-likeness (QED) is 0.836. The van der Waals surface area contributed by atoms with Crippen LogP contribution in [0, 0.1) is 6.92 Å². The number of hydrogen-bond donors (Lipinski definition) is 1. The van der Waals surface area contributed by atoms with Gasteiger partial charge in [-0.2, -0.15) is 0 Å². The van der Waals surface area contributed by atoms with Gasteiger partial charge in [0.15, 0.2) is 6.61 Å². The van der Waals surface area contributed by atoms with Crippen molar-refractivity contribution in [2.24, 2.45) is 0 Å². The monoisotopic (exact) mass is 343 g/mol. The van der Waals surface area contributed by atoms with E-state index >= 15 is 0 Å². The fourth-order valence-electron chi connectivity index (χ4n) is 2.32. The fraction of sp³-hybridized carbons (Fsp3) is 0.263. The van der Waals surface area contributed by atoms with Crippen molar-refractivity contribution in [2.75, 3.05) is 25.7 Å². The number of carbonyl (C=O) groups is 2. The van der Waals surface area contributed by atoms with Crippen LogP contribution in [0.2, 0.25) is 0 Å². The highest BCUT2D eigenvalue weighted by atomic mass is 16.5. The minimum atomic E-state index is -1.04. The van der Waals surface area contributed by atoms with Crippen molar-refractivity contribution >= 4 is 17.6 Å². The zero-order valence-corrected chi connectivity index (χ0v) is 14.5. The van der Waals surface area contributed by atoms with Crippen molar-refractivity contribution in [3.8, 4) is 11.5 Å². The van der Waals surface area contributed by atoms with Crippen LogP contribution in [0.15, 0.2) is 42.5 Å². The van der Waals surface area contributed by atoms with Gasteiger partial charge in [0, 0.05) is 12.7 Å². The molecular formula is C19H21NO5. The Morgan fingerprint density at radius 3 is 2.40 bits per heavy atom. The number of carbonyl (C=O) groups excluding carboxylic acids is 1. The highest BCUT2D eigenvalue weighted by Crippen LogP contribution is 2.22. The van der Waals surface area contributed by atoms with Gasteiger partial charge >= 0.3 is 5.97 Å². The zero-order chi connectivity index (χ0) is 18.4. The highest BCUT2D eigenvalue weighted by Gasteiger charge is 2.13. The molecule has 2 aromatic rings. The Morgan fingerprint density at radius 2 is 1.80 bits per heavy atom. The number of amides is 1. The van der Waals surface area contributed by atoms with Crippen LogP contribution in [0.5, 0.6) is 11.5 Å². The minimum Gasteiger partial charge on any atom is -0.496 e. The van der Waals surface area contributed by atoms with Crippen molar-refractivity contribution in [1.82, 2.24) is 0 Å². The van der Waals surface area contributed by atoms with E-state index in [0.29, 0.717) is 11.4 Å². The van der Waals surface area contributed by atoms with Gasteiger partial charge in [-0.15, -0.1) is 0 Å². The van der Waals surface area contributed by atoms with Crippen LogP contribution in [0.25, 0.3) is 0 Å². The molecule has 0 fully saturated rings. The fourth-order valence-corrected chi connectivity index (χ4v) is 2.32. The van der Waals surface area contributed by atoms with E-state index in [1.165, 1.54) is 0 Å². The summed E-state index contributed by atoms with van der Waals surface area (Å²) < 4.78 is 10.4. The summed E-state index contributed by atoms with van der Waals surface area (Å²) in [5, 5.41) is 8.60. The number of likely N-dealkylation sites (N-methyl/N-ethyl adjacent to an activating group) is 1. The first-order valence-electron chi connectivity index (χ1n) is 7.75. The number of aliphatic carboxylic acids is 1. The molecule has 0 unspecified atom stereocenters. The topological polar surface area (TPSA) is 76.1 Å². The first-order chi connectivity index (χ1) is 11.9. The molecule has 0 atom stereocenters. The number of benzene rings is 2. The Balaban J connectivity index is 2.03. The van der Waals surface area contributed by atoms with Crippen LogP contribution in [-0.4, -0.2) is 37.7 Å². The van der Waals surface area contributed by atoms with Crippen LogP contribution >= 0.6 is 0 Å². The molecular weight excluding hydrogens is 322 g/mol. The van der Waals surface area contributed by atoms with Crippen molar-refractivity contribution in [1.29, 1.82) is 0 Å². The standard InChI is InChI=1S/C19H21NO5/c1-13-4-5-14(10-17(13)24-3)11-18(21)20(2)15-6-8-16(9-7-15)25-12-19(22)23/h4-10H,11-12H2,1-3H3,(H,22,23). The van der Waals surface area contributed by atoms with E-state index in [-0.39, 0.29) is 12.3 Å². The molecule has 0 aliphatic heterocycles. The molecule has 1 amide bonds. The Bertz CT molecular complexity index is 755. The van der Waals surface area contributed by atoms with Crippen molar-refractivity contribution < 1.29 is 24.2 Å². The summed E-state index contributed by atoms with van der Waals surface area (Å²) in [6.07, 6.45) is 0.254. The van der Waals surface area contributed by atoms with Crippen LogP contribution in [-0.2, 0) is 16.0 Å². The summed E-state index contributed by atoms with van der Waals surface area (Å²) in [6.45, 7) is 1.55. The Hall–Kier alpha value is -3.02. The van der Waals surface area contributed by atoms with E-state index < -0.39 is 12.6 Å². The van der Waals surface area contributed by atoms with Gasteiger partial charge in [0.05, 0.1) is 13.5 Å². The lowest BCUT2D eigenvalue weighted by Gasteiger charge is -2.18. The number of anilines is 1. The smallest absolute Gasteiger partial charge is 0.341 e. The average molecular weight is 343 g/mol. The van der Waals surface area contributed by atoms with Gasteiger partial charge in [-0.1, -0.05) is 12.1 Å². The van der Waals surface area contributed by atoms with Gasteiger partial charge in [0.2, 0.25) is 5.91 Å². The molecule has 0 saturated heterocycles. The van der Waals surface area contributed by atoms with Gasteiger partial charge in [0.1, 0.15) is 11.5 Å². The van der Waals surface area contributed by atoms with E-state index in [2.05, 4.69) is 0 Å². The molecule has 0 aliphatic carbocycles. The first-order valence-corrected chi connectivity index (χ1v) is 7.75. The van der Waals surface area contributed by atoms with E-state index in [9.17, 15) is 9.59 Å². The number of rotatable bonds is 7. The molecule has 2 aromatic carbocycles. The Morgan fingerprint density at radius 1 is 1.12 bits per heavy atom. The Kier molecular flexibility index (Phi) is 6.00. The van der Waals surface area contributed by atoms with Crippen molar-refractivity contribution in [3.63, 3.8) is 0 Å². The number of carboxylic acids is 1. The number of hydrogen-bond acceptors (Lipinski definition) is 4. The summed E-state index contributed by atoms with van der Waals surface area (Å²) in [5.74, 6) is 0.0955. The van der Waals surface area contributed by atoms with Crippen LogP contribution in [0.1, 0.15) is 11.1 Å². The molecule has 0 heterocycles. The number of methoxy groups -OCH3 is 1. The SMILES string of the molecule is COc1cc(CC(=O)N(C)c2ccc(OCC(=O)O)cc2)ccc1C. The molecule has 0 radical (unpaired) electrons. The molecule has 0 aliphatic rings. The number of aryl methyl sites for hydroxylation is 1. The van der Waals surface area contributed by atoms with Gasteiger partial charge in [-0.25, -0.2) is 4.79 Å².